The van der Waals surface area contributed by atoms with Crippen LogP contribution in [0.5, 0.6) is 0 Å². The van der Waals surface area contributed by atoms with Gasteiger partial charge in [-0.2, -0.15) is 0 Å². The number of hydrogen-bond donors (Lipinski definition) is 0. The van der Waals surface area contributed by atoms with Crippen LogP contribution in [0, 0.1) is 12.7 Å². The normalized spacial score (nSPS) is 11.4. The zero-order valence-corrected chi connectivity index (χ0v) is 13.6. The number of carbonyl (C=O) groups is 1. The lowest BCUT2D eigenvalue weighted by Gasteiger charge is -2.08. The number of halogens is 2. The SMILES string of the molecule is CCCCCCOC(=O)c1cc(S(=O)(=O)Cl)c(C)cc1F. The van der Waals surface area contributed by atoms with Gasteiger partial charge in [0.25, 0.3) is 9.05 Å². The molecule has 0 aliphatic carbocycles. The van der Waals surface area contributed by atoms with Crippen molar-refractivity contribution in [3.63, 3.8) is 0 Å². The number of benzene rings is 1. The van der Waals surface area contributed by atoms with Crippen LogP contribution in [-0.2, 0) is 13.8 Å². The van der Waals surface area contributed by atoms with Gasteiger partial charge in [0.05, 0.1) is 17.1 Å². The third kappa shape index (κ3) is 5.28. The molecule has 118 valence electrons. The van der Waals surface area contributed by atoms with Crippen LogP contribution in [0.25, 0.3) is 0 Å². The first-order chi connectivity index (χ1) is 9.77. The van der Waals surface area contributed by atoms with Crippen molar-refractivity contribution in [2.75, 3.05) is 6.61 Å². The average Bonchev–Trinajstić information content (AvgIpc) is 2.36. The molecule has 0 saturated carbocycles. The molecule has 21 heavy (non-hydrogen) atoms. The van der Waals surface area contributed by atoms with E-state index in [0.717, 1.165) is 31.4 Å². The lowest BCUT2D eigenvalue weighted by atomic mass is 10.1. The van der Waals surface area contributed by atoms with Crippen molar-refractivity contribution in [1.29, 1.82) is 0 Å². The summed E-state index contributed by atoms with van der Waals surface area (Å²) in [6.45, 7) is 3.63. The summed E-state index contributed by atoms with van der Waals surface area (Å²) in [5.41, 5.74) is -0.280. The van der Waals surface area contributed by atoms with Crippen LogP contribution in [0.4, 0.5) is 4.39 Å². The van der Waals surface area contributed by atoms with Crippen LogP contribution in [0.2, 0.25) is 0 Å². The molecule has 0 saturated heterocycles. The molecule has 7 heteroatoms. The molecule has 0 heterocycles. The minimum atomic E-state index is -4.04. The van der Waals surface area contributed by atoms with E-state index in [0.29, 0.717) is 6.42 Å². The first-order valence-electron chi connectivity index (χ1n) is 6.69. The summed E-state index contributed by atoms with van der Waals surface area (Å²) in [6.07, 6.45) is 3.69. The summed E-state index contributed by atoms with van der Waals surface area (Å²) >= 11 is 0. The topological polar surface area (TPSA) is 60.4 Å². The zero-order chi connectivity index (χ0) is 16.0. The minimum absolute atomic E-state index is 0.141. The Kier molecular flexibility index (Phi) is 6.61. The average molecular weight is 337 g/mol. The number of carbonyl (C=O) groups excluding carboxylic acids is 1. The molecule has 0 atom stereocenters. The Bertz CT molecular complexity index is 614. The van der Waals surface area contributed by atoms with Gasteiger partial charge in [-0.15, -0.1) is 0 Å². The molecule has 0 bridgehead atoms. The number of aryl methyl sites for hydroxylation is 1. The summed E-state index contributed by atoms with van der Waals surface area (Å²) in [4.78, 5) is 11.5. The predicted molar refractivity (Wildman–Crippen MR) is 78.6 cm³/mol. The number of esters is 1. The van der Waals surface area contributed by atoms with Gasteiger partial charge in [-0.1, -0.05) is 26.2 Å². The Morgan fingerprint density at radius 2 is 1.95 bits per heavy atom. The van der Waals surface area contributed by atoms with Gasteiger partial charge in [0.2, 0.25) is 0 Å². The monoisotopic (exact) mass is 336 g/mol. The van der Waals surface area contributed by atoms with Gasteiger partial charge in [-0.3, -0.25) is 0 Å². The number of unbranched alkanes of at least 4 members (excludes halogenated alkanes) is 3. The quantitative estimate of drug-likeness (QED) is 0.431. The van der Waals surface area contributed by atoms with Gasteiger partial charge in [0.15, 0.2) is 0 Å². The van der Waals surface area contributed by atoms with Crippen LogP contribution in [0.3, 0.4) is 0 Å². The van der Waals surface area contributed by atoms with E-state index < -0.39 is 26.4 Å². The van der Waals surface area contributed by atoms with E-state index in [1.165, 1.54) is 6.92 Å². The van der Waals surface area contributed by atoms with Gasteiger partial charge in [0.1, 0.15) is 5.82 Å². The first-order valence-corrected chi connectivity index (χ1v) is 9.00. The summed E-state index contributed by atoms with van der Waals surface area (Å²) in [5.74, 6) is -1.71. The fraction of sp³-hybridized carbons (Fsp3) is 0.500. The molecule has 0 N–H and O–H groups in total. The van der Waals surface area contributed by atoms with Gasteiger partial charge in [0, 0.05) is 10.7 Å². The second-order valence-electron chi connectivity index (χ2n) is 4.73. The third-order valence-electron chi connectivity index (χ3n) is 2.98. The summed E-state index contributed by atoms with van der Waals surface area (Å²) in [6, 6.07) is 1.88. The van der Waals surface area contributed by atoms with Gasteiger partial charge >= 0.3 is 5.97 Å². The molecule has 0 aromatic heterocycles. The van der Waals surface area contributed by atoms with Crippen LogP contribution in [-0.4, -0.2) is 21.0 Å². The van der Waals surface area contributed by atoms with E-state index in [2.05, 4.69) is 6.92 Å². The molecule has 0 unspecified atom stereocenters. The Labute approximate surface area is 128 Å². The Balaban J connectivity index is 2.85. The maximum absolute atomic E-state index is 13.8. The van der Waals surface area contributed by atoms with Crippen LogP contribution in [0.1, 0.15) is 48.5 Å². The molecule has 0 aliphatic rings. The predicted octanol–water partition coefficient (Wildman–Crippen LogP) is 3.80. The molecule has 0 radical (unpaired) electrons. The Morgan fingerprint density at radius 3 is 2.52 bits per heavy atom. The molecule has 1 aromatic rings. The second kappa shape index (κ2) is 7.75. The van der Waals surface area contributed by atoms with Crippen LogP contribution >= 0.6 is 10.7 Å². The number of ether oxygens (including phenoxy) is 1. The highest BCUT2D eigenvalue weighted by atomic mass is 35.7. The van der Waals surface area contributed by atoms with E-state index in [9.17, 15) is 17.6 Å². The van der Waals surface area contributed by atoms with Crippen molar-refractivity contribution >= 4 is 25.7 Å². The third-order valence-corrected chi connectivity index (χ3v) is 4.44. The first kappa shape index (κ1) is 17.9. The molecular weight excluding hydrogens is 319 g/mol. The van der Waals surface area contributed by atoms with Gasteiger partial charge < -0.3 is 4.74 Å². The van der Waals surface area contributed by atoms with Crippen LogP contribution < -0.4 is 0 Å². The summed E-state index contributed by atoms with van der Waals surface area (Å²) in [5, 5.41) is 0. The van der Waals surface area contributed by atoms with Gasteiger partial charge in [-0.05, 0) is 31.0 Å². The molecule has 0 aliphatic heterocycles. The largest absolute Gasteiger partial charge is 0.462 e. The number of rotatable bonds is 7. The fourth-order valence-corrected chi connectivity index (χ4v) is 3.04. The Morgan fingerprint density at radius 1 is 1.29 bits per heavy atom. The maximum Gasteiger partial charge on any atom is 0.341 e. The van der Waals surface area contributed by atoms with E-state index in [1.54, 1.807) is 0 Å². The smallest absolute Gasteiger partial charge is 0.341 e. The summed E-state index contributed by atoms with van der Waals surface area (Å²) in [7, 11) is 1.21. The molecule has 4 nitrogen and oxygen atoms in total. The van der Waals surface area contributed by atoms with Gasteiger partial charge in [-0.25, -0.2) is 17.6 Å². The maximum atomic E-state index is 13.8. The molecule has 0 amide bonds. The molecule has 0 spiro atoms. The lowest BCUT2D eigenvalue weighted by Crippen LogP contribution is -2.10. The highest BCUT2D eigenvalue weighted by molar-refractivity contribution is 8.13. The van der Waals surface area contributed by atoms with Crippen molar-refractivity contribution in [2.45, 2.75) is 44.4 Å². The molecule has 1 rings (SSSR count). The highest BCUT2D eigenvalue weighted by Crippen LogP contribution is 2.23. The fourth-order valence-electron chi connectivity index (χ4n) is 1.84. The van der Waals surface area contributed by atoms with Crippen molar-refractivity contribution < 1.29 is 22.3 Å². The van der Waals surface area contributed by atoms with Crippen molar-refractivity contribution in [1.82, 2.24) is 0 Å². The lowest BCUT2D eigenvalue weighted by molar-refractivity contribution is 0.0492. The van der Waals surface area contributed by atoms with Crippen molar-refractivity contribution in [3.8, 4) is 0 Å². The van der Waals surface area contributed by atoms with Crippen molar-refractivity contribution in [3.05, 3.63) is 29.1 Å². The molecular formula is C14H18ClFO4S. The molecule has 1 aromatic carbocycles. The van der Waals surface area contributed by atoms with E-state index in [4.69, 9.17) is 15.4 Å². The minimum Gasteiger partial charge on any atom is -0.462 e. The number of hydrogen-bond acceptors (Lipinski definition) is 4. The van der Waals surface area contributed by atoms with E-state index in [-0.39, 0.29) is 17.1 Å². The standard InChI is InChI=1S/C14H18ClFO4S/c1-3-4-5-6-7-20-14(17)11-9-13(21(15,18)19)10(2)8-12(11)16/h8-9H,3-7H2,1-2H3. The molecule has 0 fully saturated rings. The zero-order valence-electron chi connectivity index (χ0n) is 12.0. The van der Waals surface area contributed by atoms with E-state index >= 15 is 0 Å². The van der Waals surface area contributed by atoms with E-state index in [1.807, 2.05) is 0 Å². The summed E-state index contributed by atoms with van der Waals surface area (Å²) < 4.78 is 41.4. The van der Waals surface area contributed by atoms with Crippen LogP contribution in [0.15, 0.2) is 17.0 Å². The highest BCUT2D eigenvalue weighted by Gasteiger charge is 2.21. The second-order valence-corrected chi connectivity index (χ2v) is 7.27. The Hall–Kier alpha value is -1.14. The van der Waals surface area contributed by atoms with Crippen molar-refractivity contribution in [2.24, 2.45) is 0 Å².